The van der Waals surface area contributed by atoms with E-state index in [2.05, 4.69) is 10.3 Å². The number of carbonyl (C=O) groups is 2. The van der Waals surface area contributed by atoms with Gasteiger partial charge in [-0.15, -0.1) is 11.3 Å². The molecule has 3 heterocycles. The number of amides is 3. The van der Waals surface area contributed by atoms with Gasteiger partial charge in [0, 0.05) is 22.8 Å². The number of pyridine rings is 1. The number of rotatable bonds is 3. The topological polar surface area (TPSA) is 62.3 Å². The highest BCUT2D eigenvalue weighted by Gasteiger charge is 2.49. The van der Waals surface area contributed by atoms with E-state index in [1.807, 2.05) is 5.38 Å². The van der Waals surface area contributed by atoms with Crippen LogP contribution in [-0.2, 0) is 16.9 Å². The molecule has 1 aliphatic heterocycles. The molecule has 3 amide bonds. The van der Waals surface area contributed by atoms with Crippen LogP contribution < -0.4 is 5.32 Å². The third-order valence-electron chi connectivity index (χ3n) is 3.51. The molecular formula is C14H12ClN3O2S. The van der Waals surface area contributed by atoms with Gasteiger partial charge in [-0.05, 0) is 24.4 Å². The first kappa shape index (κ1) is 14.0. The zero-order valence-electron chi connectivity index (χ0n) is 11.2. The Morgan fingerprint density at radius 2 is 2.24 bits per heavy atom. The van der Waals surface area contributed by atoms with Crippen LogP contribution in [0.2, 0.25) is 5.02 Å². The molecule has 5 nitrogen and oxygen atoms in total. The van der Waals surface area contributed by atoms with E-state index in [1.54, 1.807) is 37.5 Å². The van der Waals surface area contributed by atoms with Crippen LogP contribution in [0.5, 0.6) is 0 Å². The average molecular weight is 322 g/mol. The van der Waals surface area contributed by atoms with Crippen LogP contribution >= 0.6 is 22.9 Å². The van der Waals surface area contributed by atoms with Crippen molar-refractivity contribution in [3.8, 4) is 0 Å². The van der Waals surface area contributed by atoms with Gasteiger partial charge in [0.15, 0.2) is 0 Å². The van der Waals surface area contributed by atoms with Crippen molar-refractivity contribution in [2.75, 3.05) is 0 Å². The van der Waals surface area contributed by atoms with Gasteiger partial charge in [0.1, 0.15) is 5.54 Å². The molecule has 3 rings (SSSR count). The van der Waals surface area contributed by atoms with E-state index in [4.69, 9.17) is 11.6 Å². The second-order valence-corrected chi connectivity index (χ2v) is 6.29. The third-order valence-corrected chi connectivity index (χ3v) is 4.88. The zero-order valence-corrected chi connectivity index (χ0v) is 12.7. The molecule has 1 aliphatic rings. The molecule has 1 saturated heterocycles. The van der Waals surface area contributed by atoms with Gasteiger partial charge in [-0.2, -0.15) is 0 Å². The number of urea groups is 1. The van der Waals surface area contributed by atoms with E-state index >= 15 is 0 Å². The normalized spacial score (nSPS) is 21.7. The van der Waals surface area contributed by atoms with Gasteiger partial charge < -0.3 is 5.32 Å². The molecule has 1 atom stereocenters. The molecule has 0 saturated carbocycles. The quantitative estimate of drug-likeness (QED) is 0.884. The number of imide groups is 1. The number of thiophene rings is 1. The highest BCUT2D eigenvalue weighted by atomic mass is 35.5. The smallest absolute Gasteiger partial charge is 0.319 e. The molecule has 108 valence electrons. The van der Waals surface area contributed by atoms with Crippen LogP contribution in [0.1, 0.15) is 17.4 Å². The van der Waals surface area contributed by atoms with Crippen LogP contribution in [0.25, 0.3) is 0 Å². The number of nitrogens with one attached hydrogen (secondary N) is 1. The van der Waals surface area contributed by atoms with E-state index in [9.17, 15) is 9.59 Å². The molecule has 0 radical (unpaired) electrons. The molecule has 21 heavy (non-hydrogen) atoms. The Balaban J connectivity index is 1.91. The van der Waals surface area contributed by atoms with Crippen LogP contribution in [-0.4, -0.2) is 21.8 Å². The number of aromatic nitrogens is 1. The van der Waals surface area contributed by atoms with Crippen LogP contribution in [0, 0.1) is 0 Å². The van der Waals surface area contributed by atoms with Crippen molar-refractivity contribution in [1.29, 1.82) is 0 Å². The Bertz CT molecular complexity index is 703. The molecular weight excluding hydrogens is 310 g/mol. The Labute approximate surface area is 130 Å². The van der Waals surface area contributed by atoms with Crippen molar-refractivity contribution in [1.82, 2.24) is 15.2 Å². The SMILES string of the molecule is CC1(c2cccnc2)NC(=O)N(Cc2sccc2Cl)C1=O. The van der Waals surface area contributed by atoms with E-state index < -0.39 is 11.6 Å². The average Bonchev–Trinajstić information content (AvgIpc) is 2.98. The lowest BCUT2D eigenvalue weighted by molar-refractivity contribution is -0.131. The van der Waals surface area contributed by atoms with Gasteiger partial charge in [-0.1, -0.05) is 17.7 Å². The number of carbonyl (C=O) groups excluding carboxylic acids is 2. The minimum absolute atomic E-state index is 0.178. The second kappa shape index (κ2) is 5.13. The molecule has 0 aliphatic carbocycles. The summed E-state index contributed by atoms with van der Waals surface area (Å²) in [7, 11) is 0. The van der Waals surface area contributed by atoms with Gasteiger partial charge in [-0.3, -0.25) is 14.7 Å². The lowest BCUT2D eigenvalue weighted by Crippen LogP contribution is -2.40. The number of hydrogen-bond donors (Lipinski definition) is 1. The fourth-order valence-electron chi connectivity index (χ4n) is 2.28. The summed E-state index contributed by atoms with van der Waals surface area (Å²) in [5.41, 5.74) is -0.433. The summed E-state index contributed by atoms with van der Waals surface area (Å²) < 4.78 is 0. The Morgan fingerprint density at radius 1 is 1.43 bits per heavy atom. The van der Waals surface area contributed by atoms with Gasteiger partial charge >= 0.3 is 6.03 Å². The van der Waals surface area contributed by atoms with E-state index in [0.29, 0.717) is 10.6 Å². The van der Waals surface area contributed by atoms with Crippen LogP contribution in [0.4, 0.5) is 4.79 Å². The number of halogens is 1. The molecule has 1 unspecified atom stereocenters. The largest absolute Gasteiger partial charge is 0.325 e. The summed E-state index contributed by atoms with van der Waals surface area (Å²) in [6, 6.07) is 4.84. The maximum atomic E-state index is 12.7. The molecule has 0 bridgehead atoms. The van der Waals surface area contributed by atoms with Gasteiger partial charge in [-0.25, -0.2) is 4.79 Å². The molecule has 2 aromatic heterocycles. The minimum atomic E-state index is -1.09. The fourth-order valence-corrected chi connectivity index (χ4v) is 3.36. The molecule has 1 N–H and O–H groups in total. The standard InChI is InChI=1S/C14H12ClN3O2S/c1-14(9-3-2-5-16-7-9)12(19)18(13(20)17-14)8-11-10(15)4-6-21-11/h2-7H,8H2,1H3,(H,17,20). The second-order valence-electron chi connectivity index (χ2n) is 4.88. The van der Waals surface area contributed by atoms with E-state index in [-0.39, 0.29) is 12.5 Å². The summed E-state index contributed by atoms with van der Waals surface area (Å²) in [6.07, 6.45) is 3.21. The van der Waals surface area contributed by atoms with Crippen LogP contribution in [0.15, 0.2) is 36.0 Å². The summed E-state index contributed by atoms with van der Waals surface area (Å²) in [6.45, 7) is 1.86. The molecule has 2 aromatic rings. The highest BCUT2D eigenvalue weighted by Crippen LogP contribution is 2.31. The maximum absolute atomic E-state index is 12.7. The number of hydrogen-bond acceptors (Lipinski definition) is 4. The fraction of sp³-hybridized carbons (Fsp3) is 0.214. The Kier molecular flexibility index (Phi) is 3.43. The third kappa shape index (κ3) is 2.30. The van der Waals surface area contributed by atoms with Crippen molar-refractivity contribution in [3.63, 3.8) is 0 Å². The van der Waals surface area contributed by atoms with Crippen LogP contribution in [0.3, 0.4) is 0 Å². The lowest BCUT2D eigenvalue weighted by Gasteiger charge is -2.21. The molecule has 7 heteroatoms. The van der Waals surface area contributed by atoms with Crippen molar-refractivity contribution < 1.29 is 9.59 Å². The van der Waals surface area contributed by atoms with Gasteiger partial charge in [0.2, 0.25) is 0 Å². The van der Waals surface area contributed by atoms with Gasteiger partial charge in [0.05, 0.1) is 11.6 Å². The Morgan fingerprint density at radius 3 is 2.86 bits per heavy atom. The van der Waals surface area contributed by atoms with Crippen molar-refractivity contribution in [2.24, 2.45) is 0 Å². The van der Waals surface area contributed by atoms with Crippen molar-refractivity contribution in [2.45, 2.75) is 19.0 Å². The van der Waals surface area contributed by atoms with Crippen molar-refractivity contribution >= 4 is 34.9 Å². The Hall–Kier alpha value is -1.92. The molecule has 0 aromatic carbocycles. The first-order valence-corrected chi connectivity index (χ1v) is 7.54. The van der Waals surface area contributed by atoms with E-state index in [0.717, 1.165) is 4.88 Å². The predicted octanol–water partition coefficient (Wildman–Crippen LogP) is 2.76. The summed E-state index contributed by atoms with van der Waals surface area (Å²) in [5.74, 6) is -0.301. The predicted molar refractivity (Wildman–Crippen MR) is 80.0 cm³/mol. The highest BCUT2D eigenvalue weighted by molar-refractivity contribution is 7.10. The van der Waals surface area contributed by atoms with E-state index in [1.165, 1.54) is 16.2 Å². The summed E-state index contributed by atoms with van der Waals surface area (Å²) >= 11 is 7.45. The monoisotopic (exact) mass is 321 g/mol. The zero-order chi connectivity index (χ0) is 15.0. The van der Waals surface area contributed by atoms with Crippen molar-refractivity contribution in [3.05, 3.63) is 51.4 Å². The summed E-state index contributed by atoms with van der Waals surface area (Å²) in [5, 5.41) is 5.13. The van der Waals surface area contributed by atoms with Gasteiger partial charge in [0.25, 0.3) is 5.91 Å². The molecule has 0 spiro atoms. The lowest BCUT2D eigenvalue weighted by atomic mass is 9.93. The first-order chi connectivity index (χ1) is 10.0. The minimum Gasteiger partial charge on any atom is -0.319 e. The number of nitrogens with zero attached hydrogens (tertiary/aromatic N) is 2. The molecule has 1 fully saturated rings. The first-order valence-electron chi connectivity index (χ1n) is 6.29. The maximum Gasteiger partial charge on any atom is 0.325 e. The summed E-state index contributed by atoms with van der Waals surface area (Å²) in [4.78, 5) is 30.8.